The molecule has 0 aliphatic heterocycles. The lowest BCUT2D eigenvalue weighted by molar-refractivity contribution is -0.122. The summed E-state index contributed by atoms with van der Waals surface area (Å²) in [5.41, 5.74) is 2.27. The Hall–Kier alpha value is -0.850. The second-order valence-corrected chi connectivity index (χ2v) is 8.66. The molecular weight excluding hydrogens is 268 g/mol. The number of ketones is 1. The number of fused-ring (bicyclic) bond motifs is 4. The first-order valence-corrected chi connectivity index (χ1v) is 9.46. The van der Waals surface area contributed by atoms with E-state index in [1.54, 1.807) is 5.57 Å². The maximum Gasteiger partial charge on any atom is 0.133 e. The molecule has 0 spiro atoms. The normalized spacial score (nSPS) is 47.8. The van der Waals surface area contributed by atoms with E-state index < -0.39 is 0 Å². The average Bonchev–Trinajstić information content (AvgIpc) is 2.73. The zero-order chi connectivity index (χ0) is 15.3. The topological polar surface area (TPSA) is 17.1 Å². The molecule has 0 bridgehead atoms. The molecule has 0 aromatic rings. The molecule has 4 aliphatic carbocycles. The first-order valence-electron chi connectivity index (χ1n) is 9.46. The molecule has 4 rings (SSSR count). The van der Waals surface area contributed by atoms with Crippen LogP contribution in [0.4, 0.5) is 0 Å². The lowest BCUT2D eigenvalue weighted by Crippen LogP contribution is -2.37. The van der Waals surface area contributed by atoms with Gasteiger partial charge < -0.3 is 0 Å². The van der Waals surface area contributed by atoms with Gasteiger partial charge in [0.1, 0.15) is 5.78 Å². The third-order valence-corrected chi connectivity index (χ3v) is 7.81. The van der Waals surface area contributed by atoms with Gasteiger partial charge >= 0.3 is 0 Å². The fourth-order valence-electron chi connectivity index (χ4n) is 6.48. The summed E-state index contributed by atoms with van der Waals surface area (Å²) in [5, 5.41) is 0. The third kappa shape index (κ3) is 2.15. The minimum atomic E-state index is 0.495. The predicted octanol–water partition coefficient (Wildman–Crippen LogP) is 5.32. The number of hydrogen-bond donors (Lipinski definition) is 0. The molecule has 0 heterocycles. The minimum absolute atomic E-state index is 0.495. The molecule has 4 aliphatic rings. The Morgan fingerprint density at radius 1 is 1.18 bits per heavy atom. The number of carbonyl (C=O) groups excluding carboxylic acids is 1. The van der Waals surface area contributed by atoms with Gasteiger partial charge in [-0.05, 0) is 80.0 Å². The molecule has 0 saturated heterocycles. The zero-order valence-corrected chi connectivity index (χ0v) is 14.0. The van der Waals surface area contributed by atoms with Crippen molar-refractivity contribution in [3.63, 3.8) is 0 Å². The van der Waals surface area contributed by atoms with E-state index in [4.69, 9.17) is 0 Å². The molecule has 3 saturated carbocycles. The highest BCUT2D eigenvalue weighted by molar-refractivity contribution is 5.79. The summed E-state index contributed by atoms with van der Waals surface area (Å²) in [6.45, 7) is 6.65. The van der Waals surface area contributed by atoms with Gasteiger partial charge in [-0.25, -0.2) is 0 Å². The maximum atomic E-state index is 11.8. The molecule has 0 radical (unpaired) electrons. The molecule has 1 nitrogen and oxygen atoms in total. The summed E-state index contributed by atoms with van der Waals surface area (Å²) in [4.78, 5) is 11.8. The highest BCUT2D eigenvalue weighted by Gasteiger charge is 2.52. The number of allylic oxidation sites excluding steroid dienone is 3. The summed E-state index contributed by atoms with van der Waals surface area (Å²) >= 11 is 0. The Labute approximate surface area is 135 Å². The Bertz CT molecular complexity index is 516. The second-order valence-electron chi connectivity index (χ2n) is 8.66. The van der Waals surface area contributed by atoms with E-state index in [1.165, 1.54) is 38.5 Å². The smallest absolute Gasteiger partial charge is 0.133 e. The van der Waals surface area contributed by atoms with E-state index in [-0.39, 0.29) is 0 Å². The van der Waals surface area contributed by atoms with E-state index in [0.29, 0.717) is 23.0 Å². The van der Waals surface area contributed by atoms with Gasteiger partial charge in [-0.2, -0.15) is 0 Å². The summed E-state index contributed by atoms with van der Waals surface area (Å²) in [7, 11) is 0. The molecule has 0 amide bonds. The van der Waals surface area contributed by atoms with E-state index in [2.05, 4.69) is 25.7 Å². The average molecular weight is 298 g/mol. The summed E-state index contributed by atoms with van der Waals surface area (Å²) in [5.74, 6) is 4.28. The van der Waals surface area contributed by atoms with Crippen LogP contribution in [0.25, 0.3) is 0 Å². The molecule has 22 heavy (non-hydrogen) atoms. The monoisotopic (exact) mass is 298 g/mol. The van der Waals surface area contributed by atoms with Crippen LogP contribution in [0.1, 0.15) is 64.7 Å². The van der Waals surface area contributed by atoms with E-state index in [0.717, 1.165) is 37.0 Å². The van der Waals surface area contributed by atoms with Crippen LogP contribution in [-0.4, -0.2) is 5.78 Å². The molecule has 0 aromatic heterocycles. The van der Waals surface area contributed by atoms with Crippen molar-refractivity contribution in [1.29, 1.82) is 0 Å². The van der Waals surface area contributed by atoms with Gasteiger partial charge in [0.25, 0.3) is 0 Å². The van der Waals surface area contributed by atoms with Crippen molar-refractivity contribution in [2.75, 3.05) is 0 Å². The van der Waals surface area contributed by atoms with Crippen molar-refractivity contribution >= 4 is 5.78 Å². The summed E-state index contributed by atoms with van der Waals surface area (Å²) < 4.78 is 0. The third-order valence-electron chi connectivity index (χ3n) is 7.81. The zero-order valence-electron chi connectivity index (χ0n) is 14.0. The molecule has 0 aromatic carbocycles. The molecule has 3 fully saturated rings. The quantitative estimate of drug-likeness (QED) is 0.599. The van der Waals surface area contributed by atoms with Gasteiger partial charge in [0.2, 0.25) is 0 Å². The van der Waals surface area contributed by atoms with Crippen LogP contribution in [0.3, 0.4) is 0 Å². The van der Waals surface area contributed by atoms with Crippen molar-refractivity contribution in [1.82, 2.24) is 0 Å². The summed E-state index contributed by atoms with van der Waals surface area (Å²) in [6, 6.07) is 0. The molecule has 120 valence electrons. The maximum absolute atomic E-state index is 11.8. The van der Waals surface area contributed by atoms with Gasteiger partial charge in [0, 0.05) is 12.8 Å². The minimum Gasteiger partial charge on any atom is -0.300 e. The first kappa shape index (κ1) is 14.7. The summed E-state index contributed by atoms with van der Waals surface area (Å²) in [6.07, 6.45) is 15.7. The van der Waals surface area contributed by atoms with Gasteiger partial charge in [0.15, 0.2) is 0 Å². The van der Waals surface area contributed by atoms with Crippen molar-refractivity contribution in [2.24, 2.45) is 35.0 Å². The lowest BCUT2D eigenvalue weighted by atomic mass is 9.59. The molecule has 1 heteroatoms. The Kier molecular flexibility index (Phi) is 3.58. The second kappa shape index (κ2) is 5.35. The number of rotatable bonds is 1. The molecule has 4 unspecified atom stereocenters. The Morgan fingerprint density at radius 3 is 2.86 bits per heavy atom. The number of hydrogen-bond acceptors (Lipinski definition) is 1. The van der Waals surface area contributed by atoms with Crippen molar-refractivity contribution in [3.8, 4) is 0 Å². The van der Waals surface area contributed by atoms with Crippen LogP contribution >= 0.6 is 0 Å². The van der Waals surface area contributed by atoms with Gasteiger partial charge in [-0.15, -0.1) is 6.58 Å². The molecule has 0 N–H and O–H groups in total. The van der Waals surface area contributed by atoms with Crippen LogP contribution in [-0.2, 0) is 4.79 Å². The molecular formula is C21H30O. The van der Waals surface area contributed by atoms with E-state index >= 15 is 0 Å². The van der Waals surface area contributed by atoms with E-state index in [9.17, 15) is 4.79 Å². The predicted molar refractivity (Wildman–Crippen MR) is 90.4 cm³/mol. The van der Waals surface area contributed by atoms with Crippen LogP contribution in [0.15, 0.2) is 24.3 Å². The van der Waals surface area contributed by atoms with Crippen LogP contribution in [0.5, 0.6) is 0 Å². The largest absolute Gasteiger partial charge is 0.300 e. The number of Topliss-reactive ketones (excluding diaryl/α,β-unsaturated/α-hetero) is 1. The van der Waals surface area contributed by atoms with Crippen LogP contribution in [0, 0.1) is 35.0 Å². The Morgan fingerprint density at radius 2 is 2.05 bits per heavy atom. The van der Waals surface area contributed by atoms with Crippen molar-refractivity contribution < 1.29 is 4.79 Å². The van der Waals surface area contributed by atoms with Crippen LogP contribution in [0.2, 0.25) is 0 Å². The Balaban J connectivity index is 1.61. The fourth-order valence-corrected chi connectivity index (χ4v) is 6.48. The van der Waals surface area contributed by atoms with Gasteiger partial charge in [-0.1, -0.05) is 24.6 Å². The van der Waals surface area contributed by atoms with Gasteiger partial charge in [0.05, 0.1) is 0 Å². The lowest BCUT2D eigenvalue weighted by Gasteiger charge is -2.46. The number of carbonyl (C=O) groups is 1. The first-order chi connectivity index (χ1) is 10.6. The SMILES string of the molecule is C=C[C@H]1CCC2C3CCC4CC(=O)CCC4C=C3CC[C@@]21C. The van der Waals surface area contributed by atoms with Gasteiger partial charge in [-0.3, -0.25) is 4.79 Å². The molecule has 6 atom stereocenters. The highest BCUT2D eigenvalue weighted by atomic mass is 16.1. The van der Waals surface area contributed by atoms with Crippen molar-refractivity contribution in [3.05, 3.63) is 24.3 Å². The fraction of sp³-hybridized carbons (Fsp3) is 0.762. The van der Waals surface area contributed by atoms with Crippen LogP contribution < -0.4 is 0 Å². The standard InChI is InChI=1S/C21H30O/c1-3-17-6-9-20-19-8-5-15-13-18(22)7-4-14(15)12-16(19)10-11-21(17,20)2/h3,12,14-15,17,19-20H,1,4-11,13H2,2H3/t14?,15?,17-,19?,20?,21+/m0/s1. The highest BCUT2D eigenvalue weighted by Crippen LogP contribution is 2.61. The van der Waals surface area contributed by atoms with E-state index in [1.807, 2.05) is 0 Å². The van der Waals surface area contributed by atoms with Crippen molar-refractivity contribution in [2.45, 2.75) is 64.7 Å².